The number of benzene rings is 1. The first kappa shape index (κ1) is 10.1. The van der Waals surface area contributed by atoms with E-state index in [-0.39, 0.29) is 5.75 Å². The van der Waals surface area contributed by atoms with Crippen LogP contribution >= 0.6 is 11.3 Å². The van der Waals surface area contributed by atoms with Gasteiger partial charge in [-0.15, -0.1) is 11.3 Å². The van der Waals surface area contributed by atoms with Gasteiger partial charge in [0.25, 0.3) is 0 Å². The second-order valence-electron chi connectivity index (χ2n) is 3.37. The monoisotopic (exact) mass is 220 g/mol. The highest BCUT2D eigenvalue weighted by Crippen LogP contribution is 2.22. The molecule has 0 aliphatic carbocycles. The highest BCUT2D eigenvalue weighted by molar-refractivity contribution is 7.09. The van der Waals surface area contributed by atoms with Gasteiger partial charge in [0.05, 0.1) is 0 Å². The van der Waals surface area contributed by atoms with E-state index in [9.17, 15) is 5.11 Å². The molecule has 0 saturated carbocycles. The van der Waals surface area contributed by atoms with E-state index < -0.39 is 0 Å². The first-order valence-electron chi connectivity index (χ1n) is 4.70. The number of ether oxygens (including phenoxy) is 1. The summed E-state index contributed by atoms with van der Waals surface area (Å²) in [5.41, 5.74) is 0.996. The molecule has 0 saturated heterocycles. The third kappa shape index (κ3) is 2.73. The Morgan fingerprint density at radius 3 is 2.87 bits per heavy atom. The minimum atomic E-state index is 0.246. The lowest BCUT2D eigenvalue weighted by Crippen LogP contribution is -1.92. The van der Waals surface area contributed by atoms with Crippen LogP contribution in [0.15, 0.2) is 35.7 Å². The van der Waals surface area contributed by atoms with Crippen molar-refractivity contribution in [3.8, 4) is 11.5 Å². The van der Waals surface area contributed by atoms with Crippen molar-refractivity contribution >= 4 is 11.3 Å². The molecule has 2 aromatic rings. The SMILES string of the molecule is Cc1cc(O)cc(OCc2cccs2)c1. The molecule has 1 N–H and O–H groups in total. The molecule has 0 fully saturated rings. The molecule has 0 amide bonds. The number of thiophene rings is 1. The fourth-order valence-electron chi connectivity index (χ4n) is 1.36. The van der Waals surface area contributed by atoms with Gasteiger partial charge in [-0.1, -0.05) is 6.07 Å². The normalized spacial score (nSPS) is 10.2. The maximum absolute atomic E-state index is 9.37. The van der Waals surface area contributed by atoms with Gasteiger partial charge in [0.15, 0.2) is 0 Å². The van der Waals surface area contributed by atoms with Crippen LogP contribution in [0.2, 0.25) is 0 Å². The Bertz CT molecular complexity index is 415. The first-order chi connectivity index (χ1) is 7.24. The summed E-state index contributed by atoms with van der Waals surface area (Å²) in [7, 11) is 0. The van der Waals surface area contributed by atoms with E-state index in [0.29, 0.717) is 12.4 Å². The molecular weight excluding hydrogens is 208 g/mol. The zero-order valence-corrected chi connectivity index (χ0v) is 9.25. The maximum atomic E-state index is 9.37. The minimum absolute atomic E-state index is 0.246. The van der Waals surface area contributed by atoms with Crippen LogP contribution in [0.1, 0.15) is 10.4 Å². The number of aromatic hydroxyl groups is 1. The lowest BCUT2D eigenvalue weighted by molar-refractivity contribution is 0.307. The summed E-state index contributed by atoms with van der Waals surface area (Å²) in [5, 5.41) is 11.4. The molecule has 0 radical (unpaired) electrons. The number of phenols is 1. The molecule has 0 aliphatic rings. The molecule has 2 rings (SSSR count). The van der Waals surface area contributed by atoms with Crippen LogP contribution in [-0.2, 0) is 6.61 Å². The number of hydrogen-bond donors (Lipinski definition) is 1. The van der Waals surface area contributed by atoms with E-state index in [2.05, 4.69) is 0 Å². The zero-order chi connectivity index (χ0) is 10.7. The van der Waals surface area contributed by atoms with E-state index in [0.717, 1.165) is 5.56 Å². The molecule has 15 heavy (non-hydrogen) atoms. The van der Waals surface area contributed by atoms with Crippen LogP contribution in [0.25, 0.3) is 0 Å². The third-order valence-electron chi connectivity index (χ3n) is 2.00. The summed E-state index contributed by atoms with van der Waals surface area (Å²) in [6.45, 7) is 2.48. The smallest absolute Gasteiger partial charge is 0.123 e. The highest BCUT2D eigenvalue weighted by atomic mass is 32.1. The molecule has 0 unspecified atom stereocenters. The second-order valence-corrected chi connectivity index (χ2v) is 4.40. The van der Waals surface area contributed by atoms with Gasteiger partial charge < -0.3 is 9.84 Å². The Kier molecular flexibility index (Phi) is 2.92. The molecule has 0 spiro atoms. The Balaban J connectivity index is 2.05. The first-order valence-corrected chi connectivity index (χ1v) is 5.58. The third-order valence-corrected chi connectivity index (χ3v) is 2.85. The van der Waals surface area contributed by atoms with E-state index in [1.165, 1.54) is 4.88 Å². The summed E-state index contributed by atoms with van der Waals surface area (Å²) < 4.78 is 5.56. The Hall–Kier alpha value is -1.48. The molecular formula is C12H12O2S. The summed E-state index contributed by atoms with van der Waals surface area (Å²) >= 11 is 1.66. The fourth-order valence-corrected chi connectivity index (χ4v) is 1.98. The molecule has 1 aromatic heterocycles. The zero-order valence-electron chi connectivity index (χ0n) is 8.43. The summed E-state index contributed by atoms with van der Waals surface area (Å²) in [6, 6.07) is 9.27. The van der Waals surface area contributed by atoms with Crippen molar-refractivity contribution in [3.63, 3.8) is 0 Å². The average molecular weight is 220 g/mol. The lowest BCUT2D eigenvalue weighted by atomic mass is 10.2. The van der Waals surface area contributed by atoms with Gasteiger partial charge in [-0.2, -0.15) is 0 Å². The van der Waals surface area contributed by atoms with Gasteiger partial charge in [0, 0.05) is 10.9 Å². The molecule has 1 heterocycles. The lowest BCUT2D eigenvalue weighted by Gasteiger charge is -2.06. The van der Waals surface area contributed by atoms with Crippen molar-refractivity contribution in [2.75, 3.05) is 0 Å². The van der Waals surface area contributed by atoms with Crippen LogP contribution in [0.5, 0.6) is 11.5 Å². The van der Waals surface area contributed by atoms with Crippen LogP contribution in [0.4, 0.5) is 0 Å². The molecule has 0 bridgehead atoms. The number of hydrogen-bond acceptors (Lipinski definition) is 3. The molecule has 2 nitrogen and oxygen atoms in total. The second kappa shape index (κ2) is 4.36. The van der Waals surface area contributed by atoms with E-state index in [1.807, 2.05) is 30.5 Å². The molecule has 78 valence electrons. The van der Waals surface area contributed by atoms with Gasteiger partial charge in [0.2, 0.25) is 0 Å². The number of phenolic OH excluding ortho intramolecular Hbond substituents is 1. The van der Waals surface area contributed by atoms with Crippen LogP contribution < -0.4 is 4.74 Å². The van der Waals surface area contributed by atoms with E-state index >= 15 is 0 Å². The molecule has 0 aliphatic heterocycles. The topological polar surface area (TPSA) is 29.5 Å². The Morgan fingerprint density at radius 1 is 1.33 bits per heavy atom. The van der Waals surface area contributed by atoms with Crippen molar-refractivity contribution in [2.24, 2.45) is 0 Å². The largest absolute Gasteiger partial charge is 0.508 e. The summed E-state index contributed by atoms with van der Waals surface area (Å²) in [5.74, 6) is 0.956. The standard InChI is InChI=1S/C12H12O2S/c1-9-5-10(13)7-11(6-9)14-8-12-3-2-4-15-12/h2-7,13H,8H2,1H3. The molecule has 3 heteroatoms. The predicted molar refractivity (Wildman–Crippen MR) is 61.5 cm³/mol. The highest BCUT2D eigenvalue weighted by Gasteiger charge is 1.99. The van der Waals surface area contributed by atoms with Gasteiger partial charge in [0.1, 0.15) is 18.1 Å². The fraction of sp³-hybridized carbons (Fsp3) is 0.167. The van der Waals surface area contributed by atoms with Crippen LogP contribution in [0, 0.1) is 6.92 Å². The van der Waals surface area contributed by atoms with Crippen molar-refractivity contribution < 1.29 is 9.84 Å². The minimum Gasteiger partial charge on any atom is -0.508 e. The van der Waals surface area contributed by atoms with Gasteiger partial charge in [-0.05, 0) is 36.1 Å². The van der Waals surface area contributed by atoms with Crippen molar-refractivity contribution in [1.82, 2.24) is 0 Å². The summed E-state index contributed by atoms with van der Waals surface area (Å²) in [6.07, 6.45) is 0. The molecule has 0 atom stereocenters. The Morgan fingerprint density at radius 2 is 2.20 bits per heavy atom. The van der Waals surface area contributed by atoms with E-state index in [4.69, 9.17) is 4.74 Å². The van der Waals surface area contributed by atoms with Gasteiger partial charge in [-0.25, -0.2) is 0 Å². The summed E-state index contributed by atoms with van der Waals surface area (Å²) in [4.78, 5) is 1.18. The van der Waals surface area contributed by atoms with Crippen molar-refractivity contribution in [3.05, 3.63) is 46.2 Å². The maximum Gasteiger partial charge on any atom is 0.123 e. The van der Waals surface area contributed by atoms with E-state index in [1.54, 1.807) is 23.5 Å². The average Bonchev–Trinajstić information content (AvgIpc) is 2.65. The molecule has 1 aromatic carbocycles. The Labute approximate surface area is 92.8 Å². The van der Waals surface area contributed by atoms with Crippen molar-refractivity contribution in [1.29, 1.82) is 0 Å². The van der Waals surface area contributed by atoms with Gasteiger partial charge in [-0.3, -0.25) is 0 Å². The predicted octanol–water partition coefficient (Wildman–Crippen LogP) is 3.34. The number of aryl methyl sites for hydroxylation is 1. The van der Waals surface area contributed by atoms with Crippen LogP contribution in [0.3, 0.4) is 0 Å². The van der Waals surface area contributed by atoms with Crippen molar-refractivity contribution in [2.45, 2.75) is 13.5 Å². The van der Waals surface area contributed by atoms with Crippen LogP contribution in [-0.4, -0.2) is 5.11 Å². The van der Waals surface area contributed by atoms with Gasteiger partial charge >= 0.3 is 0 Å². The quantitative estimate of drug-likeness (QED) is 0.859. The number of rotatable bonds is 3.